The van der Waals surface area contributed by atoms with Crippen LogP contribution in [-0.2, 0) is 0 Å². The van der Waals surface area contributed by atoms with Crippen molar-refractivity contribution in [3.63, 3.8) is 0 Å². The molecule has 0 spiro atoms. The lowest BCUT2D eigenvalue weighted by Crippen LogP contribution is -2.38. The number of hydrogen-bond acceptors (Lipinski definition) is 2. The van der Waals surface area contributed by atoms with Gasteiger partial charge in [0.1, 0.15) is 0 Å². The molecular weight excluding hydrogens is 404 g/mol. The standard InChI is InChI=1S/C14H16Br2N2O3/c1-18(9-4-2-3-5-9)14(21)17-12-10(13(19)20)6-8(15)7-11(12)16/h6-7,9H,2-5H2,1H3,(H,17,21)(H,19,20). The van der Waals surface area contributed by atoms with E-state index >= 15 is 0 Å². The molecule has 1 aliphatic rings. The molecule has 21 heavy (non-hydrogen) atoms. The molecule has 2 amide bonds. The summed E-state index contributed by atoms with van der Waals surface area (Å²) in [6.45, 7) is 0. The first-order valence-corrected chi connectivity index (χ1v) is 8.25. The predicted molar refractivity (Wildman–Crippen MR) is 87.8 cm³/mol. The minimum absolute atomic E-state index is 0.0458. The number of amides is 2. The number of carbonyl (C=O) groups is 2. The van der Waals surface area contributed by atoms with E-state index in [4.69, 9.17) is 0 Å². The van der Waals surface area contributed by atoms with Gasteiger partial charge in [-0.3, -0.25) is 0 Å². The predicted octanol–water partition coefficient (Wildman–Crippen LogP) is 4.32. The quantitative estimate of drug-likeness (QED) is 0.766. The first-order valence-electron chi connectivity index (χ1n) is 6.66. The average molecular weight is 420 g/mol. The Hall–Kier alpha value is -1.08. The van der Waals surface area contributed by atoms with Gasteiger partial charge in [0.15, 0.2) is 0 Å². The normalized spacial score (nSPS) is 15.0. The van der Waals surface area contributed by atoms with Gasteiger partial charge in [-0.25, -0.2) is 9.59 Å². The van der Waals surface area contributed by atoms with Crippen LogP contribution in [0.1, 0.15) is 36.0 Å². The van der Waals surface area contributed by atoms with Crippen LogP contribution in [0.2, 0.25) is 0 Å². The lowest BCUT2D eigenvalue weighted by atomic mass is 10.2. The molecule has 0 bridgehead atoms. The number of hydrogen-bond donors (Lipinski definition) is 2. The van der Waals surface area contributed by atoms with E-state index in [0.29, 0.717) is 8.95 Å². The topological polar surface area (TPSA) is 69.6 Å². The van der Waals surface area contributed by atoms with Gasteiger partial charge in [-0.15, -0.1) is 0 Å². The summed E-state index contributed by atoms with van der Waals surface area (Å²) in [6, 6.07) is 3.12. The number of carboxylic acid groups (broad SMARTS) is 1. The number of nitrogens with zero attached hydrogens (tertiary/aromatic N) is 1. The van der Waals surface area contributed by atoms with Gasteiger partial charge in [-0.1, -0.05) is 28.8 Å². The van der Waals surface area contributed by atoms with Crippen molar-refractivity contribution in [3.8, 4) is 0 Å². The summed E-state index contributed by atoms with van der Waals surface area (Å²) in [6.07, 6.45) is 4.25. The van der Waals surface area contributed by atoms with E-state index in [9.17, 15) is 14.7 Å². The van der Waals surface area contributed by atoms with Crippen LogP contribution in [0.4, 0.5) is 10.5 Å². The fourth-order valence-electron chi connectivity index (χ4n) is 2.52. The van der Waals surface area contributed by atoms with Gasteiger partial charge in [0.25, 0.3) is 0 Å². The largest absolute Gasteiger partial charge is 0.478 e. The number of benzene rings is 1. The third-order valence-corrected chi connectivity index (χ3v) is 4.79. The van der Waals surface area contributed by atoms with Gasteiger partial charge in [-0.2, -0.15) is 0 Å². The summed E-state index contributed by atoms with van der Waals surface area (Å²) in [7, 11) is 1.75. The van der Waals surface area contributed by atoms with E-state index in [1.807, 2.05) is 0 Å². The molecule has 2 N–H and O–H groups in total. The summed E-state index contributed by atoms with van der Waals surface area (Å²) in [4.78, 5) is 25.3. The molecule has 1 fully saturated rings. The second-order valence-corrected chi connectivity index (χ2v) is 6.86. The highest BCUT2D eigenvalue weighted by Gasteiger charge is 2.25. The lowest BCUT2D eigenvalue weighted by Gasteiger charge is -2.25. The van der Waals surface area contributed by atoms with Gasteiger partial charge < -0.3 is 15.3 Å². The maximum Gasteiger partial charge on any atom is 0.337 e. The lowest BCUT2D eigenvalue weighted by molar-refractivity contribution is 0.0698. The second kappa shape index (κ2) is 6.79. The smallest absolute Gasteiger partial charge is 0.337 e. The van der Waals surface area contributed by atoms with Crippen LogP contribution in [0.25, 0.3) is 0 Å². The minimum Gasteiger partial charge on any atom is -0.478 e. The van der Waals surface area contributed by atoms with Crippen LogP contribution >= 0.6 is 31.9 Å². The highest BCUT2D eigenvalue weighted by atomic mass is 79.9. The van der Waals surface area contributed by atoms with E-state index in [1.54, 1.807) is 18.0 Å². The number of aromatic carboxylic acids is 1. The molecule has 7 heteroatoms. The van der Waals surface area contributed by atoms with Crippen LogP contribution in [0, 0.1) is 0 Å². The molecule has 0 aromatic heterocycles. The minimum atomic E-state index is -1.09. The Morgan fingerprint density at radius 1 is 1.29 bits per heavy atom. The highest BCUT2D eigenvalue weighted by Crippen LogP contribution is 2.31. The molecule has 1 aromatic rings. The van der Waals surface area contributed by atoms with Gasteiger partial charge in [0.2, 0.25) is 0 Å². The number of halogens is 2. The zero-order chi connectivity index (χ0) is 15.6. The number of nitrogens with one attached hydrogen (secondary N) is 1. The molecule has 1 aliphatic carbocycles. The fraction of sp³-hybridized carbons (Fsp3) is 0.429. The van der Waals surface area contributed by atoms with E-state index in [2.05, 4.69) is 37.2 Å². The summed E-state index contributed by atoms with van der Waals surface area (Å²) < 4.78 is 1.16. The van der Waals surface area contributed by atoms with E-state index in [-0.39, 0.29) is 23.3 Å². The maximum atomic E-state index is 12.3. The van der Waals surface area contributed by atoms with Crippen LogP contribution in [-0.4, -0.2) is 35.1 Å². The molecule has 0 heterocycles. The maximum absolute atomic E-state index is 12.3. The fourth-order valence-corrected chi connectivity index (χ4v) is 3.85. The van der Waals surface area contributed by atoms with Crippen molar-refractivity contribution in [1.29, 1.82) is 0 Å². The molecule has 0 aliphatic heterocycles. The SMILES string of the molecule is CN(C(=O)Nc1c(Br)cc(Br)cc1C(=O)O)C1CCCC1. The Balaban J connectivity index is 2.22. The Morgan fingerprint density at radius 3 is 2.48 bits per heavy atom. The highest BCUT2D eigenvalue weighted by molar-refractivity contribution is 9.11. The number of carbonyl (C=O) groups excluding carboxylic acids is 1. The van der Waals surface area contributed by atoms with Crippen LogP contribution in [0.5, 0.6) is 0 Å². The summed E-state index contributed by atoms with van der Waals surface area (Å²) in [5.41, 5.74) is 0.324. The Morgan fingerprint density at radius 2 is 1.90 bits per heavy atom. The van der Waals surface area contributed by atoms with Crippen LogP contribution in [0.15, 0.2) is 21.1 Å². The van der Waals surface area contributed by atoms with Gasteiger partial charge in [0.05, 0.1) is 11.3 Å². The summed E-state index contributed by atoms with van der Waals surface area (Å²) in [5.74, 6) is -1.09. The van der Waals surface area contributed by atoms with Crippen LogP contribution in [0.3, 0.4) is 0 Å². The van der Waals surface area contributed by atoms with E-state index in [0.717, 1.165) is 25.7 Å². The monoisotopic (exact) mass is 418 g/mol. The van der Waals surface area contributed by atoms with Crippen molar-refractivity contribution >= 4 is 49.5 Å². The van der Waals surface area contributed by atoms with Crippen molar-refractivity contribution in [3.05, 3.63) is 26.6 Å². The molecule has 1 aromatic carbocycles. The average Bonchev–Trinajstić information content (AvgIpc) is 2.94. The Kier molecular flexibility index (Phi) is 5.27. The molecule has 0 atom stereocenters. The zero-order valence-corrected chi connectivity index (χ0v) is 14.7. The van der Waals surface area contributed by atoms with Crippen molar-refractivity contribution in [2.24, 2.45) is 0 Å². The molecule has 5 nitrogen and oxygen atoms in total. The van der Waals surface area contributed by atoms with Crippen molar-refractivity contribution in [2.45, 2.75) is 31.7 Å². The first-order chi connectivity index (χ1) is 9.90. The first kappa shape index (κ1) is 16.3. The molecular formula is C14H16Br2N2O3. The summed E-state index contributed by atoms with van der Waals surface area (Å²) >= 11 is 6.55. The Bertz CT molecular complexity index is 572. The van der Waals surface area contributed by atoms with E-state index < -0.39 is 5.97 Å². The molecule has 114 valence electrons. The molecule has 0 saturated heterocycles. The molecule has 1 saturated carbocycles. The number of urea groups is 1. The number of carboxylic acids is 1. The van der Waals surface area contributed by atoms with Gasteiger partial charge >= 0.3 is 12.0 Å². The molecule has 0 radical (unpaired) electrons. The van der Waals surface area contributed by atoms with Gasteiger partial charge in [-0.05, 0) is 40.9 Å². The van der Waals surface area contributed by atoms with Crippen molar-refractivity contribution in [2.75, 3.05) is 12.4 Å². The van der Waals surface area contributed by atoms with E-state index in [1.165, 1.54) is 6.07 Å². The van der Waals surface area contributed by atoms with Crippen molar-refractivity contribution < 1.29 is 14.7 Å². The third-order valence-electron chi connectivity index (χ3n) is 3.71. The second-order valence-electron chi connectivity index (χ2n) is 5.09. The van der Waals surface area contributed by atoms with Crippen LogP contribution < -0.4 is 5.32 Å². The molecule has 0 unspecified atom stereocenters. The third kappa shape index (κ3) is 3.77. The Labute approximate surface area is 140 Å². The number of anilines is 1. The molecule has 2 rings (SSSR count). The summed E-state index contributed by atoms with van der Waals surface area (Å²) in [5, 5.41) is 12.0. The van der Waals surface area contributed by atoms with Gasteiger partial charge in [0, 0.05) is 22.0 Å². The number of rotatable bonds is 3. The zero-order valence-electron chi connectivity index (χ0n) is 11.5. The van der Waals surface area contributed by atoms with Crippen molar-refractivity contribution in [1.82, 2.24) is 4.90 Å².